The third-order valence-corrected chi connectivity index (χ3v) is 9.11. The second-order valence-corrected chi connectivity index (χ2v) is 13.3. The molecule has 2 heterocycles. The van der Waals surface area contributed by atoms with Gasteiger partial charge in [0.2, 0.25) is 20.4 Å². The number of fused-ring (bicyclic) bond motifs is 1. The molecule has 0 unspecified atom stereocenters. The third-order valence-electron chi connectivity index (χ3n) is 9.11. The van der Waals surface area contributed by atoms with Crippen LogP contribution < -0.4 is 23.7 Å². The normalized spacial score (nSPS) is 16.9. The molecule has 336 valence electrons. The Labute approximate surface area is 369 Å². The fraction of sp³-hybridized carbons (Fsp3) is 0.196. The van der Waals surface area contributed by atoms with Crippen molar-refractivity contribution in [3.8, 4) is 28.7 Å². The highest BCUT2D eigenvalue weighted by Crippen LogP contribution is 2.33. The van der Waals surface area contributed by atoms with Gasteiger partial charge in [-0.2, -0.15) is 0 Å². The number of ether oxygens (including phenoxy) is 12. The zero-order valence-electron chi connectivity index (χ0n) is 34.1. The molecular formula is C46H38O19. The van der Waals surface area contributed by atoms with Crippen molar-refractivity contribution in [3.05, 3.63) is 151 Å². The van der Waals surface area contributed by atoms with Crippen LogP contribution >= 0.6 is 0 Å². The minimum Gasteiger partial charge on any atom is -0.457 e. The molecule has 0 aliphatic carbocycles. The summed E-state index contributed by atoms with van der Waals surface area (Å²) in [5.41, 5.74) is 0.507. The monoisotopic (exact) mass is 894 g/mol. The van der Waals surface area contributed by atoms with Crippen LogP contribution in [0.1, 0.15) is 41.4 Å². The van der Waals surface area contributed by atoms with Crippen molar-refractivity contribution in [1.29, 1.82) is 0 Å². The number of carbonyl (C=O) groups excluding carboxylic acids is 7. The van der Waals surface area contributed by atoms with E-state index in [1.165, 1.54) is 91.0 Å². The van der Waals surface area contributed by atoms with Gasteiger partial charge in [0.1, 0.15) is 29.5 Å². The van der Waals surface area contributed by atoms with E-state index in [9.17, 15) is 33.6 Å². The second kappa shape index (κ2) is 22.2. The summed E-state index contributed by atoms with van der Waals surface area (Å²) in [5.74, 6) is -4.44. The lowest BCUT2D eigenvalue weighted by Crippen LogP contribution is -2.36. The first-order chi connectivity index (χ1) is 31.4. The van der Waals surface area contributed by atoms with E-state index in [1.54, 1.807) is 0 Å². The van der Waals surface area contributed by atoms with Crippen molar-refractivity contribution in [3.63, 3.8) is 0 Å². The molecular weight excluding hydrogens is 856 g/mol. The van der Waals surface area contributed by atoms with Crippen molar-refractivity contribution in [1.82, 2.24) is 0 Å². The number of esters is 7. The van der Waals surface area contributed by atoms with Crippen LogP contribution in [0, 0.1) is 0 Å². The van der Waals surface area contributed by atoms with E-state index in [-0.39, 0.29) is 65.3 Å². The Hall–Kier alpha value is -8.29. The van der Waals surface area contributed by atoms with Gasteiger partial charge in [0.05, 0.1) is 35.5 Å². The Balaban J connectivity index is 0.960. The van der Waals surface area contributed by atoms with E-state index in [0.717, 1.165) is 18.2 Å². The maximum absolute atomic E-state index is 13.1. The average molecular weight is 895 g/mol. The smallest absolute Gasteiger partial charge is 0.343 e. The lowest BCUT2D eigenvalue weighted by Gasteiger charge is -2.17. The number of hydrogen-bond acceptors (Lipinski definition) is 19. The van der Waals surface area contributed by atoms with Gasteiger partial charge in [-0.05, 0) is 91.0 Å². The standard InChI is InChI=1S/C46H38O19/c1-4-38(47)59-24-56-31-14-7-27(8-15-31)43(50)62-32-16-9-28(10-17-32)44(51)64-36-22-54-42-37(23-55-41(36)42)65-45(52)29-11-18-33(19-12-29)63-46(53)30-13-20-34(57-25-60-39(48)5-2)35(21-30)58-26-61-40(49)6-3/h4-21,36-37,41-42H,1-3,22-26H2/t36-,37+,41-,42-/m1/s1. The molecule has 4 aromatic rings. The molecule has 2 aliphatic heterocycles. The Morgan fingerprint density at radius 3 is 1.28 bits per heavy atom. The van der Waals surface area contributed by atoms with Crippen LogP contribution in [-0.4, -0.2) is 99.8 Å². The van der Waals surface area contributed by atoms with Crippen molar-refractivity contribution < 1.29 is 90.4 Å². The highest BCUT2D eigenvalue weighted by atomic mass is 16.7. The fourth-order valence-electron chi connectivity index (χ4n) is 5.88. The molecule has 0 bridgehead atoms. The molecule has 0 radical (unpaired) electrons. The van der Waals surface area contributed by atoms with E-state index in [0.29, 0.717) is 5.75 Å². The Bertz CT molecular complexity index is 2420. The average Bonchev–Trinajstić information content (AvgIpc) is 3.92. The van der Waals surface area contributed by atoms with Crippen molar-refractivity contribution >= 4 is 41.8 Å². The lowest BCUT2D eigenvalue weighted by molar-refractivity contribution is -0.146. The molecule has 4 atom stereocenters. The van der Waals surface area contributed by atoms with Crippen LogP contribution in [0.2, 0.25) is 0 Å². The molecule has 2 saturated heterocycles. The quantitative estimate of drug-likeness (QED) is 0.0379. The molecule has 0 saturated carbocycles. The molecule has 6 rings (SSSR count). The number of benzene rings is 4. The SMILES string of the molecule is C=CC(=O)OCOc1ccc(C(=O)Oc2ccc(C(=O)O[C@@H]3CO[C@H]4[C@@H]3OC[C@@H]4OC(=O)c3ccc(OC(=O)c4ccc(OCOC(=O)C=C)c(OCOC(=O)C=C)c4)cc3)cc2)cc1. The van der Waals surface area contributed by atoms with E-state index in [2.05, 4.69) is 19.7 Å². The molecule has 0 spiro atoms. The van der Waals surface area contributed by atoms with Crippen LogP contribution in [0.3, 0.4) is 0 Å². The van der Waals surface area contributed by atoms with Gasteiger partial charge in [0, 0.05) is 18.2 Å². The first kappa shape index (κ1) is 46.2. The molecule has 2 fully saturated rings. The van der Waals surface area contributed by atoms with Gasteiger partial charge in [0.15, 0.2) is 23.7 Å². The molecule has 2 aliphatic rings. The van der Waals surface area contributed by atoms with Gasteiger partial charge in [-0.1, -0.05) is 19.7 Å². The fourth-order valence-corrected chi connectivity index (χ4v) is 5.88. The van der Waals surface area contributed by atoms with E-state index >= 15 is 0 Å². The summed E-state index contributed by atoms with van der Waals surface area (Å²) in [4.78, 5) is 85.8. The van der Waals surface area contributed by atoms with Gasteiger partial charge in [-0.3, -0.25) is 0 Å². The Kier molecular flexibility index (Phi) is 15.8. The van der Waals surface area contributed by atoms with Crippen LogP contribution in [0.25, 0.3) is 0 Å². The minimum atomic E-state index is -0.828. The topological polar surface area (TPSA) is 230 Å². The molecule has 0 N–H and O–H groups in total. The summed E-state index contributed by atoms with van der Waals surface area (Å²) in [5, 5.41) is 0. The second-order valence-electron chi connectivity index (χ2n) is 13.3. The zero-order valence-corrected chi connectivity index (χ0v) is 34.1. The van der Waals surface area contributed by atoms with Gasteiger partial charge >= 0.3 is 41.8 Å². The van der Waals surface area contributed by atoms with Gasteiger partial charge < -0.3 is 56.8 Å². The predicted octanol–water partition coefficient (Wildman–Crippen LogP) is 4.87. The first-order valence-electron chi connectivity index (χ1n) is 19.2. The van der Waals surface area contributed by atoms with Gasteiger partial charge in [-0.25, -0.2) is 33.6 Å². The highest BCUT2D eigenvalue weighted by molar-refractivity contribution is 5.93. The predicted molar refractivity (Wildman–Crippen MR) is 219 cm³/mol. The minimum absolute atomic E-state index is 0.00195. The van der Waals surface area contributed by atoms with E-state index in [4.69, 9.17) is 56.8 Å². The number of rotatable bonds is 20. The molecule has 19 heteroatoms. The van der Waals surface area contributed by atoms with E-state index in [1.807, 2.05) is 0 Å². The van der Waals surface area contributed by atoms with Gasteiger partial charge in [-0.15, -0.1) is 0 Å². The summed E-state index contributed by atoms with van der Waals surface area (Å²) >= 11 is 0. The third kappa shape index (κ3) is 12.7. The lowest BCUT2D eigenvalue weighted by atomic mass is 10.1. The number of hydrogen-bond donors (Lipinski definition) is 0. The van der Waals surface area contributed by atoms with E-state index < -0.39 is 79.8 Å². The van der Waals surface area contributed by atoms with Crippen molar-refractivity contribution in [2.75, 3.05) is 33.6 Å². The molecule has 65 heavy (non-hydrogen) atoms. The summed E-state index contributed by atoms with van der Waals surface area (Å²) in [6.07, 6.45) is -0.210. The summed E-state index contributed by atoms with van der Waals surface area (Å²) in [6, 6.07) is 21.1. The van der Waals surface area contributed by atoms with Crippen LogP contribution in [0.4, 0.5) is 0 Å². The zero-order chi connectivity index (χ0) is 46.3. The number of carbonyl (C=O) groups is 7. The molecule has 19 nitrogen and oxygen atoms in total. The summed E-state index contributed by atoms with van der Waals surface area (Å²) < 4.78 is 64.3. The molecule has 0 aromatic heterocycles. The van der Waals surface area contributed by atoms with Crippen LogP contribution in [0.15, 0.2) is 129 Å². The van der Waals surface area contributed by atoms with Crippen molar-refractivity contribution in [2.45, 2.75) is 24.4 Å². The largest absolute Gasteiger partial charge is 0.457 e. The van der Waals surface area contributed by atoms with Crippen molar-refractivity contribution in [2.24, 2.45) is 0 Å². The first-order valence-corrected chi connectivity index (χ1v) is 19.2. The van der Waals surface area contributed by atoms with Crippen LogP contribution in [-0.2, 0) is 47.5 Å². The Morgan fingerprint density at radius 2 is 0.831 bits per heavy atom. The summed E-state index contributed by atoms with van der Waals surface area (Å²) in [6.45, 7) is 8.42. The molecule has 0 amide bonds. The molecule has 4 aromatic carbocycles. The maximum atomic E-state index is 13.1. The Morgan fingerprint density at radius 1 is 0.462 bits per heavy atom. The highest BCUT2D eigenvalue weighted by Gasteiger charge is 2.51. The maximum Gasteiger partial charge on any atom is 0.343 e. The summed E-state index contributed by atoms with van der Waals surface area (Å²) in [7, 11) is 0. The van der Waals surface area contributed by atoms with Gasteiger partial charge in [0.25, 0.3) is 0 Å². The van der Waals surface area contributed by atoms with Crippen LogP contribution in [0.5, 0.6) is 28.7 Å².